The van der Waals surface area contributed by atoms with Gasteiger partial charge in [0.05, 0.1) is 4.92 Å². The highest BCUT2D eigenvalue weighted by atomic mass is 16.6. The zero-order chi connectivity index (χ0) is 22.2. The molecule has 1 fully saturated rings. The highest BCUT2D eigenvalue weighted by Gasteiger charge is 2.38. The summed E-state index contributed by atoms with van der Waals surface area (Å²) in [5, 5.41) is 21.9. The Morgan fingerprint density at radius 1 is 1.06 bits per heavy atom. The first-order chi connectivity index (χ1) is 14.6. The second-order valence-corrected chi connectivity index (χ2v) is 9.30. The molecule has 0 spiro atoms. The van der Waals surface area contributed by atoms with Crippen LogP contribution in [0.5, 0.6) is 11.5 Å². The van der Waals surface area contributed by atoms with E-state index in [4.69, 9.17) is 9.47 Å². The van der Waals surface area contributed by atoms with Gasteiger partial charge in [0.25, 0.3) is 0 Å². The van der Waals surface area contributed by atoms with Crippen LogP contribution in [0.15, 0.2) is 24.5 Å². The van der Waals surface area contributed by atoms with Crippen molar-refractivity contribution in [3.8, 4) is 11.5 Å². The summed E-state index contributed by atoms with van der Waals surface area (Å²) in [7, 11) is 0. The molecule has 0 aliphatic carbocycles. The molecule has 2 aliphatic rings. The monoisotopic (exact) mass is 428 g/mol. The smallest absolute Gasteiger partial charge is 0.353 e. The molecule has 10 nitrogen and oxygen atoms in total. The van der Waals surface area contributed by atoms with Crippen molar-refractivity contribution in [3.05, 3.63) is 34.6 Å². The Labute approximate surface area is 180 Å². The Hall–Kier alpha value is -3.14. The fourth-order valence-corrected chi connectivity index (χ4v) is 4.62. The number of fused-ring (bicyclic) bond motifs is 1. The average Bonchev–Trinajstić information content (AvgIpc) is 2.65. The zero-order valence-corrected chi connectivity index (χ0v) is 18.2. The van der Waals surface area contributed by atoms with Crippen LogP contribution in [0.2, 0.25) is 0 Å². The van der Waals surface area contributed by atoms with Gasteiger partial charge in [-0.05, 0) is 52.7 Å². The molecule has 2 aliphatic heterocycles. The Kier molecular flexibility index (Phi) is 5.34. The fraction of sp³-hybridized carbons (Fsp3) is 0.524. The van der Waals surface area contributed by atoms with Crippen molar-refractivity contribution < 1.29 is 14.4 Å². The van der Waals surface area contributed by atoms with Gasteiger partial charge in [-0.25, -0.2) is 9.97 Å². The van der Waals surface area contributed by atoms with Crippen molar-refractivity contribution in [3.63, 3.8) is 0 Å². The molecule has 0 radical (unpaired) electrons. The highest BCUT2D eigenvalue weighted by Crippen LogP contribution is 2.37. The minimum atomic E-state index is -0.458. The quantitative estimate of drug-likeness (QED) is 0.484. The van der Waals surface area contributed by atoms with Crippen LogP contribution in [0, 0.1) is 10.1 Å². The Morgan fingerprint density at radius 3 is 2.39 bits per heavy atom. The summed E-state index contributed by atoms with van der Waals surface area (Å²) >= 11 is 0. The van der Waals surface area contributed by atoms with Gasteiger partial charge in [-0.1, -0.05) is 0 Å². The first kappa shape index (κ1) is 21.1. The summed E-state index contributed by atoms with van der Waals surface area (Å²) in [5.41, 5.74) is 0.216. The third-order valence-electron chi connectivity index (χ3n) is 5.34. The summed E-state index contributed by atoms with van der Waals surface area (Å²) in [6, 6.07) is 5.31. The molecule has 1 aromatic carbocycles. The van der Waals surface area contributed by atoms with E-state index in [-0.39, 0.29) is 34.4 Å². The van der Waals surface area contributed by atoms with Crippen LogP contribution in [-0.4, -0.2) is 45.2 Å². The maximum atomic E-state index is 12.0. The molecule has 3 heterocycles. The minimum Gasteiger partial charge on any atom is -0.486 e. The van der Waals surface area contributed by atoms with Gasteiger partial charge in [0.2, 0.25) is 11.6 Å². The SMILES string of the molecule is CC1(C)CC(Nc2ncnc(Nc3ccc4c(c3)OCCO4)c2[N+](=O)[O-])CC(C)(C)N1. The number of nitrogens with one attached hydrogen (secondary N) is 3. The van der Waals surface area contributed by atoms with Crippen LogP contribution in [0.3, 0.4) is 0 Å². The number of benzene rings is 1. The summed E-state index contributed by atoms with van der Waals surface area (Å²) in [6.07, 6.45) is 2.94. The Bertz CT molecular complexity index is 978. The molecule has 3 N–H and O–H groups in total. The lowest BCUT2D eigenvalue weighted by Crippen LogP contribution is -2.60. The summed E-state index contributed by atoms with van der Waals surface area (Å²) in [5.74, 6) is 1.56. The molecule has 166 valence electrons. The van der Waals surface area contributed by atoms with Crippen LogP contribution < -0.4 is 25.4 Å². The molecule has 0 bridgehead atoms. The van der Waals surface area contributed by atoms with E-state index < -0.39 is 4.92 Å². The van der Waals surface area contributed by atoms with E-state index >= 15 is 0 Å². The number of ether oxygens (including phenoxy) is 2. The second kappa shape index (κ2) is 7.84. The van der Waals surface area contributed by atoms with Crippen LogP contribution in [-0.2, 0) is 0 Å². The van der Waals surface area contributed by atoms with E-state index in [1.165, 1.54) is 6.33 Å². The molecule has 0 atom stereocenters. The maximum absolute atomic E-state index is 12.0. The zero-order valence-electron chi connectivity index (χ0n) is 18.2. The molecule has 2 aromatic rings. The third kappa shape index (κ3) is 4.79. The molecular formula is C21H28N6O4. The molecule has 31 heavy (non-hydrogen) atoms. The lowest BCUT2D eigenvalue weighted by Gasteiger charge is -2.46. The molecule has 4 rings (SSSR count). The van der Waals surface area contributed by atoms with Gasteiger partial charge in [-0.2, -0.15) is 0 Å². The molecule has 0 saturated carbocycles. The topological polar surface area (TPSA) is 123 Å². The van der Waals surface area contributed by atoms with Gasteiger partial charge in [0.1, 0.15) is 19.5 Å². The van der Waals surface area contributed by atoms with Crippen molar-refractivity contribution in [2.24, 2.45) is 0 Å². The van der Waals surface area contributed by atoms with Crippen molar-refractivity contribution in [2.45, 2.75) is 57.7 Å². The molecule has 0 unspecified atom stereocenters. The van der Waals surface area contributed by atoms with Crippen molar-refractivity contribution >= 4 is 23.0 Å². The van der Waals surface area contributed by atoms with E-state index in [0.29, 0.717) is 30.4 Å². The van der Waals surface area contributed by atoms with Gasteiger partial charge in [-0.3, -0.25) is 10.1 Å². The van der Waals surface area contributed by atoms with Gasteiger partial charge in [0, 0.05) is 28.9 Å². The van der Waals surface area contributed by atoms with E-state index in [2.05, 4.69) is 53.6 Å². The molecular weight excluding hydrogens is 400 g/mol. The number of piperidine rings is 1. The molecule has 1 saturated heterocycles. The number of hydrogen-bond donors (Lipinski definition) is 3. The fourth-order valence-electron chi connectivity index (χ4n) is 4.62. The van der Waals surface area contributed by atoms with Crippen LogP contribution in [0.4, 0.5) is 23.0 Å². The minimum absolute atomic E-state index is 0.0296. The summed E-state index contributed by atoms with van der Waals surface area (Å²) in [4.78, 5) is 19.8. The Morgan fingerprint density at radius 2 is 1.71 bits per heavy atom. The van der Waals surface area contributed by atoms with E-state index in [9.17, 15) is 10.1 Å². The van der Waals surface area contributed by atoms with Crippen molar-refractivity contribution in [1.82, 2.24) is 15.3 Å². The van der Waals surface area contributed by atoms with Gasteiger partial charge in [0.15, 0.2) is 11.5 Å². The van der Waals surface area contributed by atoms with Gasteiger partial charge in [-0.15, -0.1) is 0 Å². The van der Waals surface area contributed by atoms with E-state index in [1.807, 2.05) is 0 Å². The maximum Gasteiger partial charge on any atom is 0.353 e. The summed E-state index contributed by atoms with van der Waals surface area (Å²) < 4.78 is 11.1. The first-order valence-corrected chi connectivity index (χ1v) is 10.3. The second-order valence-electron chi connectivity index (χ2n) is 9.30. The van der Waals surface area contributed by atoms with Crippen molar-refractivity contribution in [1.29, 1.82) is 0 Å². The standard InChI is InChI=1S/C21H28N6O4/c1-20(2)10-14(11-21(3,4)26-20)25-19-17(27(28)29)18(22-12-23-19)24-13-5-6-15-16(9-13)31-8-7-30-15/h5-6,9,12,14,26H,7-8,10-11H2,1-4H3,(H2,22,23,24,25). The molecule has 0 amide bonds. The average molecular weight is 428 g/mol. The molecule has 10 heteroatoms. The number of aromatic nitrogens is 2. The lowest BCUT2D eigenvalue weighted by molar-refractivity contribution is -0.383. The predicted molar refractivity (Wildman–Crippen MR) is 117 cm³/mol. The number of nitrogens with zero attached hydrogens (tertiary/aromatic N) is 3. The number of hydrogen-bond acceptors (Lipinski definition) is 9. The van der Waals surface area contributed by atoms with Crippen LogP contribution >= 0.6 is 0 Å². The lowest BCUT2D eigenvalue weighted by atomic mass is 9.79. The van der Waals surface area contributed by atoms with Crippen LogP contribution in [0.25, 0.3) is 0 Å². The normalized spacial score (nSPS) is 19.5. The largest absolute Gasteiger partial charge is 0.486 e. The van der Waals surface area contributed by atoms with Crippen LogP contribution in [0.1, 0.15) is 40.5 Å². The highest BCUT2D eigenvalue weighted by molar-refractivity contribution is 5.74. The van der Waals surface area contributed by atoms with Gasteiger partial charge < -0.3 is 25.4 Å². The van der Waals surface area contributed by atoms with E-state index in [1.54, 1.807) is 18.2 Å². The predicted octanol–water partition coefficient (Wildman–Crippen LogP) is 3.62. The Balaban J connectivity index is 1.61. The molecule has 1 aromatic heterocycles. The number of rotatable bonds is 5. The van der Waals surface area contributed by atoms with E-state index in [0.717, 1.165) is 12.8 Å². The third-order valence-corrected chi connectivity index (χ3v) is 5.34. The summed E-state index contributed by atoms with van der Waals surface area (Å²) in [6.45, 7) is 9.48. The first-order valence-electron chi connectivity index (χ1n) is 10.3. The number of nitro groups is 1. The van der Waals surface area contributed by atoms with Gasteiger partial charge >= 0.3 is 5.69 Å². The van der Waals surface area contributed by atoms with Crippen molar-refractivity contribution in [2.75, 3.05) is 23.8 Å². The number of anilines is 3.